The van der Waals surface area contributed by atoms with Crippen LogP contribution in [0.25, 0.3) is 0 Å². The Bertz CT molecular complexity index is 373. The summed E-state index contributed by atoms with van der Waals surface area (Å²) in [5.74, 6) is -0.963. The third-order valence-corrected chi connectivity index (χ3v) is 2.02. The van der Waals surface area contributed by atoms with Crippen molar-refractivity contribution in [3.05, 3.63) is 40.8 Å². The molecule has 0 heterocycles. The van der Waals surface area contributed by atoms with Gasteiger partial charge in [0.15, 0.2) is 11.6 Å². The largest absolute Gasteiger partial charge is 0.297 e. The molecule has 0 saturated carbocycles. The smallest absolute Gasteiger partial charge is 0.208 e. The van der Waals surface area contributed by atoms with Crippen molar-refractivity contribution in [1.82, 2.24) is 0 Å². The highest BCUT2D eigenvalue weighted by Crippen LogP contribution is 2.04. The lowest BCUT2D eigenvalue weighted by Crippen LogP contribution is -2.27. The molecule has 0 aliphatic rings. The molecule has 4 nitrogen and oxygen atoms in total. The van der Waals surface area contributed by atoms with Gasteiger partial charge >= 0.3 is 0 Å². The highest BCUT2D eigenvalue weighted by Gasteiger charge is 2.23. The lowest BCUT2D eigenvalue weighted by atomic mass is 10.0. The molecule has 1 rings (SSSR count). The molecular formula is C11H11NO3. The first-order chi connectivity index (χ1) is 7.15. The number of nitroso groups, excluding NO2 is 1. The second-order valence-electron chi connectivity index (χ2n) is 3.25. The Morgan fingerprint density at radius 2 is 1.87 bits per heavy atom. The van der Waals surface area contributed by atoms with Crippen molar-refractivity contribution in [3.8, 4) is 0 Å². The molecule has 1 atom stereocenters. The van der Waals surface area contributed by atoms with Crippen LogP contribution in [0.5, 0.6) is 0 Å². The molecular weight excluding hydrogens is 194 g/mol. The van der Waals surface area contributed by atoms with Crippen molar-refractivity contribution < 1.29 is 9.59 Å². The van der Waals surface area contributed by atoms with Gasteiger partial charge in [0.1, 0.15) is 0 Å². The van der Waals surface area contributed by atoms with Crippen LogP contribution < -0.4 is 0 Å². The van der Waals surface area contributed by atoms with Gasteiger partial charge in [-0.05, 0) is 12.5 Å². The average Bonchev–Trinajstić information content (AvgIpc) is 2.19. The summed E-state index contributed by atoms with van der Waals surface area (Å²) in [4.78, 5) is 32.6. The van der Waals surface area contributed by atoms with Gasteiger partial charge in [0, 0.05) is 6.42 Å². The molecule has 0 aromatic heterocycles. The highest BCUT2D eigenvalue weighted by molar-refractivity contribution is 6.06. The molecule has 0 aliphatic carbocycles. The SMILES string of the molecule is CC(=O)C(N=O)C(=O)Cc1ccccc1. The van der Waals surface area contributed by atoms with Gasteiger partial charge in [-0.1, -0.05) is 35.5 Å². The van der Waals surface area contributed by atoms with E-state index in [0.29, 0.717) is 0 Å². The Labute approximate surface area is 87.3 Å². The maximum absolute atomic E-state index is 11.5. The molecule has 0 saturated heterocycles. The number of hydrogen-bond acceptors (Lipinski definition) is 4. The van der Waals surface area contributed by atoms with E-state index >= 15 is 0 Å². The molecule has 0 N–H and O–H groups in total. The fourth-order valence-corrected chi connectivity index (χ4v) is 1.25. The number of carbonyl (C=O) groups is 2. The van der Waals surface area contributed by atoms with E-state index in [0.717, 1.165) is 5.56 Å². The Kier molecular flexibility index (Phi) is 3.85. The first-order valence-electron chi connectivity index (χ1n) is 4.54. The minimum Gasteiger partial charge on any atom is -0.297 e. The number of rotatable bonds is 5. The zero-order valence-corrected chi connectivity index (χ0v) is 8.34. The molecule has 0 amide bonds. The van der Waals surface area contributed by atoms with E-state index in [4.69, 9.17) is 0 Å². The third kappa shape index (κ3) is 3.09. The van der Waals surface area contributed by atoms with Gasteiger partial charge in [0.05, 0.1) is 0 Å². The third-order valence-electron chi connectivity index (χ3n) is 2.02. The number of carbonyl (C=O) groups excluding carboxylic acids is 2. The monoisotopic (exact) mass is 205 g/mol. The molecule has 0 fully saturated rings. The maximum atomic E-state index is 11.5. The van der Waals surface area contributed by atoms with Gasteiger partial charge in [0.25, 0.3) is 0 Å². The minimum absolute atomic E-state index is 0.0663. The molecule has 0 radical (unpaired) electrons. The first-order valence-corrected chi connectivity index (χ1v) is 4.54. The molecule has 0 aliphatic heterocycles. The van der Waals surface area contributed by atoms with Crippen LogP contribution in [0.3, 0.4) is 0 Å². The summed E-state index contributed by atoms with van der Waals surface area (Å²) in [6.07, 6.45) is 0.0663. The fourth-order valence-electron chi connectivity index (χ4n) is 1.25. The van der Waals surface area contributed by atoms with Gasteiger partial charge in [-0.15, -0.1) is 4.91 Å². The van der Waals surface area contributed by atoms with Crippen molar-refractivity contribution in [2.75, 3.05) is 0 Å². The van der Waals surface area contributed by atoms with Gasteiger partial charge < -0.3 is 0 Å². The molecule has 1 unspecified atom stereocenters. The standard InChI is InChI=1S/C11H11NO3/c1-8(13)11(12-15)10(14)7-9-5-3-2-4-6-9/h2-6,11H,7H2,1H3. The van der Waals surface area contributed by atoms with Crippen LogP contribution in [-0.4, -0.2) is 17.6 Å². The minimum atomic E-state index is -1.36. The quantitative estimate of drug-likeness (QED) is 0.540. The number of nitrogens with zero attached hydrogens (tertiary/aromatic N) is 1. The Morgan fingerprint density at radius 3 is 2.33 bits per heavy atom. The molecule has 1 aromatic rings. The maximum Gasteiger partial charge on any atom is 0.208 e. The van der Waals surface area contributed by atoms with Crippen LogP contribution in [0.4, 0.5) is 0 Å². The van der Waals surface area contributed by atoms with Crippen molar-refractivity contribution in [1.29, 1.82) is 0 Å². The van der Waals surface area contributed by atoms with Gasteiger partial charge in [-0.3, -0.25) is 9.59 Å². The lowest BCUT2D eigenvalue weighted by Gasteiger charge is -2.03. The Hall–Kier alpha value is -1.84. The molecule has 1 aromatic carbocycles. The zero-order chi connectivity index (χ0) is 11.3. The van der Waals surface area contributed by atoms with Crippen molar-refractivity contribution in [2.24, 2.45) is 5.18 Å². The Balaban J connectivity index is 2.71. The lowest BCUT2D eigenvalue weighted by molar-refractivity contribution is -0.127. The van der Waals surface area contributed by atoms with Crippen LogP contribution in [0.15, 0.2) is 35.5 Å². The summed E-state index contributed by atoms with van der Waals surface area (Å²) in [5.41, 5.74) is 0.775. The first kappa shape index (κ1) is 11.2. The summed E-state index contributed by atoms with van der Waals surface area (Å²) < 4.78 is 0. The number of ketones is 2. The summed E-state index contributed by atoms with van der Waals surface area (Å²) >= 11 is 0. The van der Waals surface area contributed by atoms with Crippen LogP contribution in [0, 0.1) is 4.91 Å². The molecule has 78 valence electrons. The Morgan fingerprint density at radius 1 is 1.27 bits per heavy atom. The van der Waals surface area contributed by atoms with E-state index in [1.807, 2.05) is 6.07 Å². The molecule has 15 heavy (non-hydrogen) atoms. The number of hydrogen-bond donors (Lipinski definition) is 0. The van der Waals surface area contributed by atoms with Gasteiger partial charge in [-0.25, -0.2) is 0 Å². The van der Waals surface area contributed by atoms with Gasteiger partial charge in [0.2, 0.25) is 6.04 Å². The van der Waals surface area contributed by atoms with Crippen molar-refractivity contribution in [2.45, 2.75) is 19.4 Å². The van der Waals surface area contributed by atoms with E-state index in [1.54, 1.807) is 24.3 Å². The summed E-state index contributed by atoms with van der Waals surface area (Å²) in [5, 5.41) is 2.53. The van der Waals surface area contributed by atoms with Crippen LogP contribution in [0.1, 0.15) is 12.5 Å². The molecule has 0 bridgehead atoms. The molecule has 4 heteroatoms. The second kappa shape index (κ2) is 5.14. The van der Waals surface area contributed by atoms with Crippen LogP contribution in [0.2, 0.25) is 0 Å². The highest BCUT2D eigenvalue weighted by atomic mass is 16.3. The van der Waals surface area contributed by atoms with E-state index < -0.39 is 17.6 Å². The fraction of sp³-hybridized carbons (Fsp3) is 0.273. The predicted octanol–water partition coefficient (Wildman–Crippen LogP) is 1.52. The number of benzene rings is 1. The normalized spacial score (nSPS) is 11.8. The summed E-state index contributed by atoms with van der Waals surface area (Å²) in [6.45, 7) is 1.19. The zero-order valence-electron chi connectivity index (χ0n) is 8.34. The van der Waals surface area contributed by atoms with Crippen molar-refractivity contribution in [3.63, 3.8) is 0 Å². The second-order valence-corrected chi connectivity index (χ2v) is 3.25. The number of Topliss-reactive ketones (excluding diaryl/α,β-unsaturated/α-hetero) is 2. The predicted molar refractivity (Wildman–Crippen MR) is 55.4 cm³/mol. The van der Waals surface area contributed by atoms with Crippen molar-refractivity contribution >= 4 is 11.6 Å². The topological polar surface area (TPSA) is 63.6 Å². The van der Waals surface area contributed by atoms with Crippen LogP contribution >= 0.6 is 0 Å². The van der Waals surface area contributed by atoms with Gasteiger partial charge in [-0.2, -0.15) is 0 Å². The van der Waals surface area contributed by atoms with Crippen LogP contribution in [-0.2, 0) is 16.0 Å². The van der Waals surface area contributed by atoms with E-state index in [-0.39, 0.29) is 6.42 Å². The van der Waals surface area contributed by atoms with E-state index in [9.17, 15) is 14.5 Å². The summed E-state index contributed by atoms with van der Waals surface area (Å²) in [7, 11) is 0. The summed E-state index contributed by atoms with van der Waals surface area (Å²) in [6, 6.07) is 7.58. The molecule has 0 spiro atoms. The average molecular weight is 205 g/mol. The van der Waals surface area contributed by atoms with E-state index in [1.165, 1.54) is 6.92 Å². The van der Waals surface area contributed by atoms with E-state index in [2.05, 4.69) is 5.18 Å².